The Bertz CT molecular complexity index is 1400. The predicted octanol–water partition coefficient (Wildman–Crippen LogP) is 3.97. The molecule has 5 rings (SSSR count). The number of fused-ring (bicyclic) bond motifs is 1. The third kappa shape index (κ3) is 4.48. The summed E-state index contributed by atoms with van der Waals surface area (Å²) in [5, 5.41) is 9.69. The highest BCUT2D eigenvalue weighted by Gasteiger charge is 2.29. The number of anilines is 1. The highest BCUT2D eigenvalue weighted by Crippen LogP contribution is 2.27. The molecule has 34 heavy (non-hydrogen) atoms. The maximum atomic E-state index is 13.2. The molecule has 0 aliphatic carbocycles. The first-order valence-corrected chi connectivity index (χ1v) is 13.4. The number of thiazole rings is 1. The predicted molar refractivity (Wildman–Crippen MR) is 134 cm³/mol. The Labute approximate surface area is 202 Å². The third-order valence-electron chi connectivity index (χ3n) is 5.78. The van der Waals surface area contributed by atoms with Gasteiger partial charge in [0.1, 0.15) is 5.75 Å². The lowest BCUT2D eigenvalue weighted by Crippen LogP contribution is -2.48. The summed E-state index contributed by atoms with van der Waals surface area (Å²) in [5.74, 6) is 1.57. The van der Waals surface area contributed by atoms with Crippen molar-refractivity contribution in [2.45, 2.75) is 18.7 Å². The molecule has 0 radical (unpaired) electrons. The summed E-state index contributed by atoms with van der Waals surface area (Å²) >= 11 is 1.51. The van der Waals surface area contributed by atoms with E-state index in [1.165, 1.54) is 11.3 Å². The minimum Gasteiger partial charge on any atom is -0.494 e. The van der Waals surface area contributed by atoms with E-state index < -0.39 is 10.0 Å². The van der Waals surface area contributed by atoms with Gasteiger partial charge in [0, 0.05) is 31.7 Å². The summed E-state index contributed by atoms with van der Waals surface area (Å²) in [6, 6.07) is 16.8. The Morgan fingerprint density at radius 1 is 0.971 bits per heavy atom. The van der Waals surface area contributed by atoms with Gasteiger partial charge in [0.2, 0.25) is 10.0 Å². The molecule has 1 aliphatic heterocycles. The Balaban J connectivity index is 1.25. The smallest absolute Gasteiger partial charge is 0.243 e. The van der Waals surface area contributed by atoms with Crippen LogP contribution in [0, 0.1) is 6.92 Å². The molecule has 4 aromatic rings. The maximum absolute atomic E-state index is 13.2. The monoisotopic (exact) mass is 495 g/mol. The van der Waals surface area contributed by atoms with Crippen LogP contribution in [0.3, 0.4) is 0 Å². The van der Waals surface area contributed by atoms with E-state index in [4.69, 9.17) is 4.74 Å². The average molecular weight is 496 g/mol. The molecule has 2 aromatic carbocycles. The molecule has 176 valence electrons. The number of aryl methyl sites for hydroxylation is 1. The number of sulfonamides is 1. The SMILES string of the molecule is CCOc1ccc(-c2ccc(N3CCN(S(=O)(=O)c4ccc5nc(C)sc5c4)CC3)nn2)cc1. The van der Waals surface area contributed by atoms with Crippen molar-refractivity contribution in [2.24, 2.45) is 0 Å². The number of hydrogen-bond acceptors (Lipinski definition) is 8. The molecule has 0 bridgehead atoms. The fraction of sp³-hybridized carbons (Fsp3) is 0.292. The molecule has 0 spiro atoms. The van der Waals surface area contributed by atoms with Crippen LogP contribution >= 0.6 is 11.3 Å². The fourth-order valence-corrected chi connectivity index (χ4v) is 6.41. The average Bonchev–Trinajstić information content (AvgIpc) is 3.24. The van der Waals surface area contributed by atoms with Crippen LogP contribution in [0.5, 0.6) is 5.75 Å². The Kier molecular flexibility index (Phi) is 6.20. The molecule has 0 atom stereocenters. The van der Waals surface area contributed by atoms with Crippen LogP contribution in [0.15, 0.2) is 59.5 Å². The minimum absolute atomic E-state index is 0.316. The molecule has 1 saturated heterocycles. The first-order chi connectivity index (χ1) is 16.4. The van der Waals surface area contributed by atoms with Crippen LogP contribution in [0.4, 0.5) is 5.82 Å². The van der Waals surface area contributed by atoms with E-state index in [1.54, 1.807) is 22.5 Å². The van der Waals surface area contributed by atoms with E-state index in [2.05, 4.69) is 20.1 Å². The normalized spacial score (nSPS) is 15.1. The van der Waals surface area contributed by atoms with E-state index in [0.29, 0.717) is 37.7 Å². The van der Waals surface area contributed by atoms with E-state index in [0.717, 1.165) is 38.0 Å². The van der Waals surface area contributed by atoms with Gasteiger partial charge in [-0.3, -0.25) is 0 Å². The van der Waals surface area contributed by atoms with Crippen LogP contribution in [-0.2, 0) is 10.0 Å². The molecule has 8 nitrogen and oxygen atoms in total. The lowest BCUT2D eigenvalue weighted by molar-refractivity contribution is 0.340. The number of benzene rings is 2. The molecular formula is C24H25N5O3S2. The largest absolute Gasteiger partial charge is 0.494 e. The molecule has 3 heterocycles. The third-order valence-corrected chi connectivity index (χ3v) is 8.61. The Hall–Kier alpha value is -3.08. The molecule has 0 saturated carbocycles. The van der Waals surface area contributed by atoms with Crippen LogP contribution in [0.1, 0.15) is 11.9 Å². The van der Waals surface area contributed by atoms with Crippen molar-refractivity contribution in [3.8, 4) is 17.0 Å². The van der Waals surface area contributed by atoms with Crippen molar-refractivity contribution in [3.05, 3.63) is 59.6 Å². The number of nitrogens with zero attached hydrogens (tertiary/aromatic N) is 5. The zero-order chi connectivity index (χ0) is 23.7. The minimum atomic E-state index is -3.56. The quantitative estimate of drug-likeness (QED) is 0.400. The van der Waals surface area contributed by atoms with Crippen molar-refractivity contribution in [1.29, 1.82) is 0 Å². The number of rotatable bonds is 6. The van der Waals surface area contributed by atoms with Crippen molar-refractivity contribution in [3.63, 3.8) is 0 Å². The van der Waals surface area contributed by atoms with Crippen molar-refractivity contribution < 1.29 is 13.2 Å². The Morgan fingerprint density at radius 2 is 1.74 bits per heavy atom. The van der Waals surface area contributed by atoms with Crippen molar-refractivity contribution in [2.75, 3.05) is 37.7 Å². The molecular weight excluding hydrogens is 470 g/mol. The summed E-state index contributed by atoms with van der Waals surface area (Å²) < 4.78 is 34.3. The molecule has 2 aromatic heterocycles. The number of aromatic nitrogens is 3. The summed E-state index contributed by atoms with van der Waals surface area (Å²) in [7, 11) is -3.56. The summed E-state index contributed by atoms with van der Waals surface area (Å²) in [6.45, 7) is 6.40. The highest BCUT2D eigenvalue weighted by atomic mass is 32.2. The standard InChI is InChI=1S/C24H25N5O3S2/c1-3-32-19-6-4-18(5-7-19)21-10-11-24(27-26-21)28-12-14-29(15-13-28)34(30,31)20-8-9-22-23(16-20)33-17(2)25-22/h4-11,16H,3,12-15H2,1-2H3. The summed E-state index contributed by atoms with van der Waals surface area (Å²) in [5.41, 5.74) is 2.58. The zero-order valence-corrected chi connectivity index (χ0v) is 20.6. The van der Waals surface area contributed by atoms with Crippen LogP contribution < -0.4 is 9.64 Å². The van der Waals surface area contributed by atoms with E-state index in [1.807, 2.05) is 50.2 Å². The first-order valence-electron chi connectivity index (χ1n) is 11.1. The maximum Gasteiger partial charge on any atom is 0.243 e. The van der Waals surface area contributed by atoms with Crippen LogP contribution in [0.2, 0.25) is 0 Å². The summed E-state index contributed by atoms with van der Waals surface area (Å²) in [6.07, 6.45) is 0. The van der Waals surface area contributed by atoms with Gasteiger partial charge < -0.3 is 9.64 Å². The number of ether oxygens (including phenoxy) is 1. The van der Waals surface area contributed by atoms with Gasteiger partial charge in [-0.05, 0) is 68.4 Å². The first kappa shape index (κ1) is 22.7. The lowest BCUT2D eigenvalue weighted by Gasteiger charge is -2.34. The van der Waals surface area contributed by atoms with Gasteiger partial charge in [-0.2, -0.15) is 4.31 Å². The summed E-state index contributed by atoms with van der Waals surface area (Å²) in [4.78, 5) is 6.80. The van der Waals surface area contributed by atoms with Gasteiger partial charge in [-0.1, -0.05) is 0 Å². The highest BCUT2D eigenvalue weighted by molar-refractivity contribution is 7.89. The van der Waals surface area contributed by atoms with Gasteiger partial charge >= 0.3 is 0 Å². The number of hydrogen-bond donors (Lipinski definition) is 0. The van der Waals surface area contributed by atoms with Gasteiger partial charge in [0.05, 0.1) is 32.4 Å². The van der Waals surface area contributed by atoms with Gasteiger partial charge in [0.25, 0.3) is 0 Å². The molecule has 0 amide bonds. The van der Waals surface area contributed by atoms with Crippen LogP contribution in [0.25, 0.3) is 21.5 Å². The Morgan fingerprint density at radius 3 is 2.41 bits per heavy atom. The second kappa shape index (κ2) is 9.28. The fourth-order valence-electron chi connectivity index (χ4n) is 4.02. The van der Waals surface area contributed by atoms with E-state index in [9.17, 15) is 8.42 Å². The molecule has 0 N–H and O–H groups in total. The lowest BCUT2D eigenvalue weighted by atomic mass is 10.1. The van der Waals surface area contributed by atoms with Gasteiger partial charge in [-0.15, -0.1) is 21.5 Å². The molecule has 0 unspecified atom stereocenters. The molecule has 1 fully saturated rings. The second-order valence-electron chi connectivity index (χ2n) is 7.99. The topological polar surface area (TPSA) is 88.5 Å². The van der Waals surface area contributed by atoms with E-state index in [-0.39, 0.29) is 0 Å². The van der Waals surface area contributed by atoms with Crippen molar-refractivity contribution >= 4 is 37.4 Å². The van der Waals surface area contributed by atoms with Crippen LogP contribution in [-0.4, -0.2) is 60.7 Å². The van der Waals surface area contributed by atoms with Crippen molar-refractivity contribution in [1.82, 2.24) is 19.5 Å². The molecule has 1 aliphatic rings. The molecule has 10 heteroatoms. The number of piperazine rings is 1. The zero-order valence-electron chi connectivity index (χ0n) is 19.0. The second-order valence-corrected chi connectivity index (χ2v) is 11.2. The van der Waals surface area contributed by atoms with E-state index >= 15 is 0 Å². The van der Waals surface area contributed by atoms with Gasteiger partial charge in [-0.25, -0.2) is 13.4 Å². The van der Waals surface area contributed by atoms with Gasteiger partial charge in [0.15, 0.2) is 5.82 Å².